The zero-order chi connectivity index (χ0) is 10.6. The molecule has 3 atom stereocenters. The van der Waals surface area contributed by atoms with E-state index >= 15 is 0 Å². The molecular formula is C14H13N2+. The Morgan fingerprint density at radius 2 is 2.06 bits per heavy atom. The quantitative estimate of drug-likeness (QED) is 0.662. The second-order valence-electron chi connectivity index (χ2n) is 4.72. The third kappa shape index (κ3) is 0.927. The summed E-state index contributed by atoms with van der Waals surface area (Å²) in [7, 11) is 0. The van der Waals surface area contributed by atoms with Crippen LogP contribution in [0.2, 0.25) is 0 Å². The Labute approximate surface area is 94.6 Å². The standard InChI is InChI=1S/C14H12N2/c1-2-6-11(7-3-1)13-15-12-8-4-5-9-14(12)10-16(13)14/h1-9,13H,10H2/p+1. The number of quaternary nitrogens is 1. The molecule has 1 aliphatic carbocycles. The van der Waals surface area contributed by atoms with E-state index in [2.05, 4.69) is 54.6 Å². The zero-order valence-corrected chi connectivity index (χ0v) is 8.93. The van der Waals surface area contributed by atoms with Gasteiger partial charge in [-0.15, -0.1) is 0 Å². The first kappa shape index (κ1) is 8.48. The van der Waals surface area contributed by atoms with E-state index in [0.717, 1.165) is 0 Å². The number of benzene rings is 1. The Morgan fingerprint density at radius 1 is 1.19 bits per heavy atom. The van der Waals surface area contributed by atoms with Crippen molar-refractivity contribution < 1.29 is 4.90 Å². The maximum absolute atomic E-state index is 4.84. The van der Waals surface area contributed by atoms with Gasteiger partial charge in [-0.25, -0.2) is 4.99 Å². The van der Waals surface area contributed by atoms with Crippen molar-refractivity contribution in [3.05, 3.63) is 60.2 Å². The fourth-order valence-corrected chi connectivity index (χ4v) is 2.90. The van der Waals surface area contributed by atoms with E-state index in [0.29, 0.717) is 6.17 Å². The van der Waals surface area contributed by atoms with Crippen LogP contribution in [-0.4, -0.2) is 17.8 Å². The van der Waals surface area contributed by atoms with Crippen LogP contribution in [0.4, 0.5) is 0 Å². The van der Waals surface area contributed by atoms with Crippen LogP contribution in [0.3, 0.4) is 0 Å². The van der Waals surface area contributed by atoms with Gasteiger partial charge in [-0.05, 0) is 12.2 Å². The number of hydrogen-bond donors (Lipinski definition) is 1. The van der Waals surface area contributed by atoms with Crippen molar-refractivity contribution in [3.63, 3.8) is 0 Å². The molecule has 0 aromatic heterocycles. The molecule has 3 aliphatic rings. The van der Waals surface area contributed by atoms with Gasteiger partial charge in [0.25, 0.3) is 0 Å². The molecule has 0 amide bonds. The lowest BCUT2D eigenvalue weighted by Crippen LogP contribution is -2.96. The van der Waals surface area contributed by atoms with Crippen molar-refractivity contribution in [3.8, 4) is 0 Å². The lowest BCUT2D eigenvalue weighted by atomic mass is 9.99. The minimum Gasteiger partial charge on any atom is -0.286 e. The van der Waals surface area contributed by atoms with E-state index in [4.69, 9.17) is 4.99 Å². The summed E-state index contributed by atoms with van der Waals surface area (Å²) in [5, 5.41) is 0. The third-order valence-electron chi connectivity index (χ3n) is 3.83. The molecule has 0 radical (unpaired) electrons. The molecule has 78 valence electrons. The molecule has 2 aliphatic heterocycles. The summed E-state index contributed by atoms with van der Waals surface area (Å²) in [4.78, 5) is 6.42. The van der Waals surface area contributed by atoms with Gasteiger partial charge >= 0.3 is 0 Å². The molecule has 0 bridgehead atoms. The molecule has 1 aromatic rings. The van der Waals surface area contributed by atoms with E-state index in [1.165, 1.54) is 17.8 Å². The van der Waals surface area contributed by atoms with Crippen LogP contribution in [0.15, 0.2) is 59.6 Å². The van der Waals surface area contributed by atoms with Gasteiger partial charge in [0.15, 0.2) is 0 Å². The summed E-state index contributed by atoms with van der Waals surface area (Å²) >= 11 is 0. The second-order valence-corrected chi connectivity index (χ2v) is 4.72. The van der Waals surface area contributed by atoms with E-state index < -0.39 is 0 Å². The van der Waals surface area contributed by atoms with E-state index in [1.807, 2.05) is 0 Å². The lowest BCUT2D eigenvalue weighted by Gasteiger charge is -2.07. The van der Waals surface area contributed by atoms with Gasteiger partial charge in [0.1, 0.15) is 12.3 Å². The van der Waals surface area contributed by atoms with E-state index in [9.17, 15) is 0 Å². The summed E-state index contributed by atoms with van der Waals surface area (Å²) in [5.41, 5.74) is 2.83. The summed E-state index contributed by atoms with van der Waals surface area (Å²) in [5.74, 6) is 0. The maximum atomic E-state index is 4.84. The van der Waals surface area contributed by atoms with Crippen molar-refractivity contribution in [1.29, 1.82) is 0 Å². The molecule has 1 saturated heterocycles. The van der Waals surface area contributed by atoms with Gasteiger partial charge < -0.3 is 0 Å². The Morgan fingerprint density at radius 3 is 2.88 bits per heavy atom. The molecule has 4 rings (SSSR count). The maximum Gasteiger partial charge on any atom is 0.210 e. The first-order valence-electron chi connectivity index (χ1n) is 5.75. The third-order valence-corrected chi connectivity index (χ3v) is 3.83. The van der Waals surface area contributed by atoms with Gasteiger partial charge in [0.2, 0.25) is 11.7 Å². The average molecular weight is 209 g/mol. The molecule has 0 saturated carbocycles. The topological polar surface area (TPSA) is 16.8 Å². The minimum absolute atomic E-state index is 0.231. The van der Waals surface area contributed by atoms with Crippen LogP contribution in [0.5, 0.6) is 0 Å². The molecule has 2 heterocycles. The molecule has 1 spiro atoms. The lowest BCUT2D eigenvalue weighted by molar-refractivity contribution is -0.810. The predicted molar refractivity (Wildman–Crippen MR) is 63.5 cm³/mol. The van der Waals surface area contributed by atoms with Crippen molar-refractivity contribution in [2.75, 3.05) is 6.54 Å². The molecule has 2 heteroatoms. The normalized spacial score (nSPS) is 37.9. The highest BCUT2D eigenvalue weighted by molar-refractivity contribution is 6.06. The van der Waals surface area contributed by atoms with Crippen molar-refractivity contribution in [1.82, 2.24) is 0 Å². The number of aliphatic imine (C=N–C) groups is 1. The first-order chi connectivity index (χ1) is 7.90. The SMILES string of the molecule is C1=CC2=NC(c3ccccc3)[NH+]3CC23C=C1. The first-order valence-corrected chi connectivity index (χ1v) is 5.75. The minimum atomic E-state index is 0.231. The molecule has 1 N–H and O–H groups in total. The molecule has 3 unspecified atom stereocenters. The van der Waals surface area contributed by atoms with Gasteiger partial charge in [-0.1, -0.05) is 42.5 Å². The summed E-state index contributed by atoms with van der Waals surface area (Å²) in [6.45, 7) is 1.20. The summed E-state index contributed by atoms with van der Waals surface area (Å²) in [6.07, 6.45) is 9.02. The number of rotatable bonds is 1. The number of allylic oxidation sites excluding steroid dienone is 2. The molecular weight excluding hydrogens is 196 g/mol. The highest BCUT2D eigenvalue weighted by Crippen LogP contribution is 2.31. The fraction of sp³-hybridized carbons (Fsp3) is 0.214. The van der Waals surface area contributed by atoms with Gasteiger partial charge in [0.05, 0.1) is 0 Å². The van der Waals surface area contributed by atoms with Crippen LogP contribution in [0.1, 0.15) is 11.7 Å². The summed E-state index contributed by atoms with van der Waals surface area (Å²) < 4.78 is 0. The monoisotopic (exact) mass is 209 g/mol. The smallest absolute Gasteiger partial charge is 0.210 e. The van der Waals surface area contributed by atoms with Crippen LogP contribution < -0.4 is 4.90 Å². The fourth-order valence-electron chi connectivity index (χ4n) is 2.90. The predicted octanol–water partition coefficient (Wildman–Crippen LogP) is 0.903. The van der Waals surface area contributed by atoms with Crippen LogP contribution in [-0.2, 0) is 0 Å². The van der Waals surface area contributed by atoms with Crippen LogP contribution in [0.25, 0.3) is 0 Å². The average Bonchev–Trinajstić information content (AvgIpc) is 2.96. The zero-order valence-electron chi connectivity index (χ0n) is 8.93. The van der Waals surface area contributed by atoms with Crippen molar-refractivity contribution in [2.24, 2.45) is 4.99 Å². The Bertz CT molecular complexity index is 527. The Hall–Kier alpha value is -1.67. The highest BCUT2D eigenvalue weighted by atomic mass is 15.5. The number of hydrogen-bond acceptors (Lipinski definition) is 1. The second kappa shape index (κ2) is 2.71. The van der Waals surface area contributed by atoms with Crippen LogP contribution >= 0.6 is 0 Å². The Balaban J connectivity index is 1.78. The van der Waals surface area contributed by atoms with Gasteiger partial charge in [0, 0.05) is 5.56 Å². The van der Waals surface area contributed by atoms with Gasteiger partial charge in [-0.3, -0.25) is 4.90 Å². The largest absolute Gasteiger partial charge is 0.286 e. The highest BCUT2D eigenvalue weighted by Gasteiger charge is 2.67. The molecule has 1 aromatic carbocycles. The van der Waals surface area contributed by atoms with E-state index in [-0.39, 0.29) is 5.54 Å². The van der Waals surface area contributed by atoms with Crippen LogP contribution in [0, 0.1) is 0 Å². The molecule has 2 nitrogen and oxygen atoms in total. The van der Waals surface area contributed by atoms with Crippen molar-refractivity contribution >= 4 is 5.71 Å². The summed E-state index contributed by atoms with van der Waals surface area (Å²) in [6, 6.07) is 10.6. The number of nitrogens with one attached hydrogen (secondary N) is 1. The molecule has 1 fully saturated rings. The molecule has 16 heavy (non-hydrogen) atoms. The van der Waals surface area contributed by atoms with Gasteiger partial charge in [-0.2, -0.15) is 0 Å². The van der Waals surface area contributed by atoms with E-state index in [1.54, 1.807) is 4.90 Å². The number of nitrogens with zero attached hydrogens (tertiary/aromatic N) is 1. The Kier molecular flexibility index (Phi) is 1.44. The van der Waals surface area contributed by atoms with Crippen molar-refractivity contribution in [2.45, 2.75) is 11.7 Å².